The number of benzene rings is 1. The molecule has 230 valence electrons. The molecular formula is C31H33ClF3N3O5. The first kappa shape index (κ1) is 29.9. The molecule has 1 unspecified atom stereocenters. The van der Waals surface area contributed by atoms with Crippen LogP contribution in [0.2, 0.25) is 5.02 Å². The van der Waals surface area contributed by atoms with Crippen LogP contribution in [0.1, 0.15) is 71.9 Å². The van der Waals surface area contributed by atoms with Crippen molar-refractivity contribution in [3.8, 4) is 0 Å². The van der Waals surface area contributed by atoms with Gasteiger partial charge in [-0.3, -0.25) is 14.4 Å². The van der Waals surface area contributed by atoms with Crippen molar-refractivity contribution < 1.29 is 37.4 Å². The summed E-state index contributed by atoms with van der Waals surface area (Å²) in [5.74, 6) is -2.93. The smallest absolute Gasteiger partial charge is 0.398 e. The van der Waals surface area contributed by atoms with Gasteiger partial charge in [0, 0.05) is 38.1 Å². The number of halogens is 4. The van der Waals surface area contributed by atoms with Crippen LogP contribution < -0.4 is 0 Å². The van der Waals surface area contributed by atoms with E-state index in [0.29, 0.717) is 50.2 Å². The molecule has 0 radical (unpaired) electrons. The van der Waals surface area contributed by atoms with Gasteiger partial charge in [0.2, 0.25) is 5.91 Å². The quantitative estimate of drug-likeness (QED) is 0.471. The van der Waals surface area contributed by atoms with Gasteiger partial charge in [0.25, 0.3) is 5.91 Å². The molecule has 4 aliphatic rings. The lowest BCUT2D eigenvalue weighted by molar-refractivity contribution is -0.160. The molecule has 1 N–H and O–H groups in total. The van der Waals surface area contributed by atoms with Crippen molar-refractivity contribution >= 4 is 35.0 Å². The Morgan fingerprint density at radius 3 is 2.47 bits per heavy atom. The van der Waals surface area contributed by atoms with Crippen LogP contribution >= 0.6 is 11.6 Å². The van der Waals surface area contributed by atoms with Crippen LogP contribution in [-0.2, 0) is 32.6 Å². The number of carboxylic acid groups (broad SMARTS) is 1. The summed E-state index contributed by atoms with van der Waals surface area (Å²) >= 11 is 6.47. The standard InChI is InChI=1S/C31H33ClF3N3O5/c1-16-12-17(6-8-20(16)29(41)42)26-21-9-7-18(27(39)37-14-19(15-37)43-2)13-24(21)38(36-26)28(40)25-22(4-3-5-23(25)32)30(10-11-30)31(33,34)35/h3-5,12,16,18-20H,6-11,13-15H2,1-2H3,(H,41,42)/t16-,18?,20+/m0/s1. The van der Waals surface area contributed by atoms with Crippen molar-refractivity contribution in [1.29, 1.82) is 0 Å². The molecule has 43 heavy (non-hydrogen) atoms. The number of carboxylic acids is 1. The van der Waals surface area contributed by atoms with Crippen LogP contribution in [0.4, 0.5) is 13.2 Å². The van der Waals surface area contributed by atoms with Crippen LogP contribution in [0.3, 0.4) is 0 Å². The van der Waals surface area contributed by atoms with Gasteiger partial charge >= 0.3 is 12.1 Å². The molecule has 3 atom stereocenters. The second kappa shape index (κ2) is 10.8. The Balaban J connectivity index is 1.42. The zero-order chi connectivity index (χ0) is 30.8. The van der Waals surface area contributed by atoms with Crippen LogP contribution in [-0.4, -0.2) is 70.1 Å². The Labute approximate surface area is 251 Å². The van der Waals surface area contributed by atoms with Gasteiger partial charge in [-0.25, -0.2) is 0 Å². The number of hydrogen-bond acceptors (Lipinski definition) is 5. The van der Waals surface area contributed by atoms with Crippen molar-refractivity contribution in [3.05, 3.63) is 57.4 Å². The molecule has 1 aromatic heterocycles. The minimum atomic E-state index is -4.56. The number of ether oxygens (including phenoxy) is 1. The number of aromatic nitrogens is 2. The number of allylic oxidation sites excluding steroid dienone is 2. The lowest BCUT2D eigenvalue weighted by Crippen LogP contribution is -2.56. The molecule has 2 fully saturated rings. The minimum Gasteiger partial charge on any atom is -0.481 e. The summed E-state index contributed by atoms with van der Waals surface area (Å²) in [5, 5.41) is 14.2. The first-order valence-electron chi connectivity index (χ1n) is 14.6. The highest BCUT2D eigenvalue weighted by atomic mass is 35.5. The van der Waals surface area contributed by atoms with Crippen LogP contribution in [0.15, 0.2) is 24.3 Å². The lowest BCUT2D eigenvalue weighted by atomic mass is 9.78. The maximum Gasteiger partial charge on any atom is 0.398 e. The number of rotatable bonds is 6. The number of carbonyl (C=O) groups is 3. The van der Waals surface area contributed by atoms with E-state index in [9.17, 15) is 32.7 Å². The monoisotopic (exact) mass is 619 g/mol. The van der Waals surface area contributed by atoms with Gasteiger partial charge < -0.3 is 14.7 Å². The third-order valence-electron chi connectivity index (χ3n) is 9.79. The summed E-state index contributed by atoms with van der Waals surface area (Å²) < 4.78 is 49.2. The molecule has 1 aliphatic heterocycles. The summed E-state index contributed by atoms with van der Waals surface area (Å²) in [6.45, 7) is 2.80. The lowest BCUT2D eigenvalue weighted by Gasteiger charge is -2.40. The Kier molecular flexibility index (Phi) is 7.48. The Hall–Kier alpha value is -3.18. The maximum absolute atomic E-state index is 14.3. The van der Waals surface area contributed by atoms with E-state index in [0.717, 1.165) is 15.8 Å². The Morgan fingerprint density at radius 1 is 1.14 bits per heavy atom. The molecule has 1 amide bonds. The normalized spacial score (nSPS) is 25.0. The number of nitrogens with zero attached hydrogens (tertiary/aromatic N) is 3. The maximum atomic E-state index is 14.3. The second-order valence-electron chi connectivity index (χ2n) is 12.3. The van der Waals surface area contributed by atoms with E-state index in [1.807, 2.05) is 13.0 Å². The van der Waals surface area contributed by atoms with E-state index in [2.05, 4.69) is 0 Å². The third-order valence-corrected chi connectivity index (χ3v) is 10.1. The van der Waals surface area contributed by atoms with E-state index >= 15 is 0 Å². The third kappa shape index (κ3) is 4.98. The van der Waals surface area contributed by atoms with E-state index < -0.39 is 35.3 Å². The van der Waals surface area contributed by atoms with Crippen LogP contribution in [0.25, 0.3) is 5.57 Å². The first-order chi connectivity index (χ1) is 20.4. The number of fused-ring (bicyclic) bond motifs is 1. The molecule has 0 bridgehead atoms. The zero-order valence-electron chi connectivity index (χ0n) is 23.9. The highest BCUT2D eigenvalue weighted by molar-refractivity contribution is 6.34. The van der Waals surface area contributed by atoms with E-state index in [1.54, 1.807) is 12.0 Å². The van der Waals surface area contributed by atoms with E-state index in [4.69, 9.17) is 21.4 Å². The van der Waals surface area contributed by atoms with Crippen molar-refractivity contribution in [2.75, 3.05) is 20.2 Å². The van der Waals surface area contributed by atoms with E-state index in [-0.39, 0.29) is 53.3 Å². The molecule has 12 heteroatoms. The molecule has 1 aromatic carbocycles. The fourth-order valence-corrected chi connectivity index (χ4v) is 7.24. The summed E-state index contributed by atoms with van der Waals surface area (Å²) in [7, 11) is 1.60. The first-order valence-corrected chi connectivity index (χ1v) is 15.0. The van der Waals surface area contributed by atoms with Gasteiger partial charge in [-0.1, -0.05) is 36.7 Å². The average molecular weight is 620 g/mol. The Morgan fingerprint density at radius 2 is 1.86 bits per heavy atom. The summed E-state index contributed by atoms with van der Waals surface area (Å²) in [6, 6.07) is 4.14. The van der Waals surface area contributed by atoms with Crippen molar-refractivity contribution in [2.45, 2.75) is 69.6 Å². The van der Waals surface area contributed by atoms with Gasteiger partial charge in [0.05, 0.1) is 39.4 Å². The summed E-state index contributed by atoms with van der Waals surface area (Å²) in [6.07, 6.45) is -0.961. The van der Waals surface area contributed by atoms with Crippen molar-refractivity contribution in [2.24, 2.45) is 17.8 Å². The topological polar surface area (TPSA) is 102 Å². The van der Waals surface area contributed by atoms with Gasteiger partial charge in [0.1, 0.15) is 0 Å². The zero-order valence-corrected chi connectivity index (χ0v) is 24.7. The molecule has 8 nitrogen and oxygen atoms in total. The molecule has 1 saturated carbocycles. The number of hydrogen-bond donors (Lipinski definition) is 1. The van der Waals surface area contributed by atoms with Crippen molar-refractivity contribution in [3.63, 3.8) is 0 Å². The molecule has 2 aromatic rings. The summed E-state index contributed by atoms with van der Waals surface area (Å²) in [5.41, 5.74) is 0.0775. The number of methoxy groups -OCH3 is 1. The van der Waals surface area contributed by atoms with Crippen LogP contribution in [0.5, 0.6) is 0 Å². The molecule has 1 saturated heterocycles. The van der Waals surface area contributed by atoms with Crippen LogP contribution in [0, 0.1) is 17.8 Å². The number of likely N-dealkylation sites (tertiary alicyclic amines) is 1. The number of aliphatic carboxylic acids is 1. The number of alkyl halides is 3. The molecule has 2 heterocycles. The predicted molar refractivity (Wildman–Crippen MR) is 151 cm³/mol. The molecular weight excluding hydrogens is 587 g/mol. The Bertz CT molecular complexity index is 1520. The molecule has 3 aliphatic carbocycles. The summed E-state index contributed by atoms with van der Waals surface area (Å²) in [4.78, 5) is 41.0. The fraction of sp³-hybridized carbons (Fsp3) is 0.548. The van der Waals surface area contributed by atoms with E-state index in [1.165, 1.54) is 18.2 Å². The second-order valence-corrected chi connectivity index (χ2v) is 12.7. The van der Waals surface area contributed by atoms with Gasteiger partial charge in [-0.15, -0.1) is 0 Å². The fourth-order valence-electron chi connectivity index (χ4n) is 6.99. The predicted octanol–water partition coefficient (Wildman–Crippen LogP) is 5.30. The largest absolute Gasteiger partial charge is 0.481 e. The average Bonchev–Trinajstić information content (AvgIpc) is 3.67. The van der Waals surface area contributed by atoms with Crippen molar-refractivity contribution in [1.82, 2.24) is 14.7 Å². The van der Waals surface area contributed by atoms with Gasteiger partial charge in [0.15, 0.2) is 0 Å². The number of amides is 1. The number of carbonyl (C=O) groups excluding carboxylic acids is 2. The highest BCUT2D eigenvalue weighted by Gasteiger charge is 2.65. The molecule has 6 rings (SSSR count). The van der Waals surface area contributed by atoms with Gasteiger partial charge in [-0.2, -0.15) is 23.0 Å². The van der Waals surface area contributed by atoms with Gasteiger partial charge in [-0.05, 0) is 61.6 Å². The minimum absolute atomic E-state index is 0.0151. The highest BCUT2D eigenvalue weighted by Crippen LogP contribution is 2.60. The molecule has 0 spiro atoms. The SMILES string of the molecule is COC1CN(C(=O)C2CCc3c(C4=C[C@H](C)[C@H](C(=O)O)CC4)nn(C(=O)c4c(Cl)cccc4C4(C(F)(F)F)CC4)c3C2)C1.